The summed E-state index contributed by atoms with van der Waals surface area (Å²) >= 11 is 0. The smallest absolute Gasteiger partial charge is 0.193 e. The third-order valence-corrected chi connectivity index (χ3v) is 5.27. The van der Waals surface area contributed by atoms with Gasteiger partial charge in [0.05, 0.1) is 0 Å². The second-order valence-electron chi connectivity index (χ2n) is 5.94. The van der Waals surface area contributed by atoms with Crippen LogP contribution in [0.2, 0.25) is 0 Å². The summed E-state index contributed by atoms with van der Waals surface area (Å²) in [7, 11) is 0.985. The number of hydrogen-bond acceptors (Lipinski definition) is 2. The summed E-state index contributed by atoms with van der Waals surface area (Å²) in [4.78, 5) is 6.67. The van der Waals surface area contributed by atoms with E-state index in [1.54, 1.807) is 0 Å². The van der Waals surface area contributed by atoms with Gasteiger partial charge in [-0.3, -0.25) is 9.20 Å². The standard InChI is InChI=1S/C17H27N3OS.HI/c1-15-7-6-11-20(13-15)17(18-2)19-10-12-22(21)14-16-8-4-3-5-9-16;/h3-5,8-9,15H,6-7,10-14H2,1-2H3,(H,18,19);1H. The first-order chi connectivity index (χ1) is 10.7. The molecule has 0 aromatic heterocycles. The molecule has 2 rings (SSSR count). The Hall–Kier alpha value is -0.630. The zero-order valence-corrected chi connectivity index (χ0v) is 17.2. The SMILES string of the molecule is CN=C(NCCS(=O)Cc1ccccc1)N1CCCC(C)C1.I. The highest BCUT2D eigenvalue weighted by molar-refractivity contribution is 14.0. The van der Waals surface area contributed by atoms with Crippen LogP contribution in [0.4, 0.5) is 0 Å². The van der Waals surface area contributed by atoms with Gasteiger partial charge in [0.15, 0.2) is 5.96 Å². The van der Waals surface area contributed by atoms with Gasteiger partial charge in [-0.2, -0.15) is 0 Å². The highest BCUT2D eigenvalue weighted by Crippen LogP contribution is 2.15. The van der Waals surface area contributed by atoms with Gasteiger partial charge in [-0.25, -0.2) is 0 Å². The fourth-order valence-corrected chi connectivity index (χ4v) is 3.86. The Morgan fingerprint density at radius 2 is 2.13 bits per heavy atom. The third-order valence-electron chi connectivity index (χ3n) is 3.95. The lowest BCUT2D eigenvalue weighted by atomic mass is 10.0. The molecule has 0 saturated carbocycles. The van der Waals surface area contributed by atoms with Gasteiger partial charge >= 0.3 is 0 Å². The zero-order chi connectivity index (χ0) is 15.8. The first-order valence-electron chi connectivity index (χ1n) is 8.03. The molecule has 0 bridgehead atoms. The molecule has 1 aromatic carbocycles. The van der Waals surface area contributed by atoms with E-state index in [9.17, 15) is 4.21 Å². The quantitative estimate of drug-likeness (QED) is 0.427. The number of rotatable bonds is 5. The lowest BCUT2D eigenvalue weighted by molar-refractivity contribution is 0.266. The van der Waals surface area contributed by atoms with E-state index in [0.29, 0.717) is 18.1 Å². The minimum atomic E-state index is -0.837. The van der Waals surface area contributed by atoms with Gasteiger partial charge in [-0.15, -0.1) is 24.0 Å². The summed E-state index contributed by atoms with van der Waals surface area (Å²) < 4.78 is 12.1. The van der Waals surface area contributed by atoms with Crippen LogP contribution < -0.4 is 5.32 Å². The molecule has 1 N–H and O–H groups in total. The maximum atomic E-state index is 12.1. The molecule has 1 aliphatic rings. The lowest BCUT2D eigenvalue weighted by Gasteiger charge is -2.33. The summed E-state index contributed by atoms with van der Waals surface area (Å²) in [6.07, 6.45) is 2.52. The average molecular weight is 449 g/mol. The Bertz CT molecular complexity index is 510. The Labute approximate surface area is 159 Å². The van der Waals surface area contributed by atoms with Gasteiger partial charge < -0.3 is 10.2 Å². The van der Waals surface area contributed by atoms with Crippen molar-refractivity contribution in [2.45, 2.75) is 25.5 Å². The zero-order valence-electron chi connectivity index (χ0n) is 14.0. The van der Waals surface area contributed by atoms with E-state index < -0.39 is 10.8 Å². The van der Waals surface area contributed by atoms with Crippen molar-refractivity contribution in [3.8, 4) is 0 Å². The van der Waals surface area contributed by atoms with Crippen molar-refractivity contribution >= 4 is 40.7 Å². The summed E-state index contributed by atoms with van der Waals surface area (Å²) in [5, 5.41) is 3.36. The molecule has 2 unspecified atom stereocenters. The van der Waals surface area contributed by atoms with Gasteiger partial charge in [-0.1, -0.05) is 37.3 Å². The second-order valence-corrected chi connectivity index (χ2v) is 7.52. The van der Waals surface area contributed by atoms with Crippen LogP contribution in [-0.2, 0) is 16.6 Å². The van der Waals surface area contributed by atoms with E-state index in [1.807, 2.05) is 37.4 Å². The minimum Gasteiger partial charge on any atom is -0.355 e. The molecule has 130 valence electrons. The van der Waals surface area contributed by atoms with Crippen LogP contribution in [0.25, 0.3) is 0 Å². The maximum Gasteiger partial charge on any atom is 0.193 e. The molecule has 0 aliphatic carbocycles. The fourth-order valence-electron chi connectivity index (χ4n) is 2.82. The number of piperidine rings is 1. The van der Waals surface area contributed by atoms with Crippen molar-refractivity contribution in [1.82, 2.24) is 10.2 Å². The number of aliphatic imine (C=N–C) groups is 1. The Kier molecular flexibility index (Phi) is 9.78. The predicted molar refractivity (Wildman–Crippen MR) is 110 cm³/mol. The van der Waals surface area contributed by atoms with E-state index >= 15 is 0 Å². The maximum absolute atomic E-state index is 12.1. The Morgan fingerprint density at radius 1 is 1.39 bits per heavy atom. The number of halogens is 1. The number of benzene rings is 1. The summed E-state index contributed by atoms with van der Waals surface area (Å²) in [6.45, 7) is 5.12. The van der Waals surface area contributed by atoms with Gasteiger partial charge in [-0.05, 0) is 24.3 Å². The first-order valence-corrected chi connectivity index (χ1v) is 9.52. The van der Waals surface area contributed by atoms with Crippen molar-refractivity contribution in [3.63, 3.8) is 0 Å². The second kappa shape index (κ2) is 11.0. The molecule has 23 heavy (non-hydrogen) atoms. The van der Waals surface area contributed by atoms with Gasteiger partial charge in [0.1, 0.15) is 0 Å². The predicted octanol–water partition coefficient (Wildman–Crippen LogP) is 2.86. The highest BCUT2D eigenvalue weighted by Gasteiger charge is 2.18. The monoisotopic (exact) mass is 449 g/mol. The van der Waals surface area contributed by atoms with Crippen LogP contribution in [-0.4, -0.2) is 47.5 Å². The first kappa shape index (κ1) is 20.4. The molecule has 0 amide bonds. The topological polar surface area (TPSA) is 44.7 Å². The normalized spacial score (nSPS) is 19.8. The molecule has 2 atom stereocenters. The van der Waals surface area contributed by atoms with Crippen LogP contribution in [0.5, 0.6) is 0 Å². The van der Waals surface area contributed by atoms with Crippen molar-refractivity contribution in [2.75, 3.05) is 32.4 Å². The fraction of sp³-hybridized carbons (Fsp3) is 0.588. The Balaban J connectivity index is 0.00000264. The largest absolute Gasteiger partial charge is 0.355 e. The summed E-state index contributed by atoms with van der Waals surface area (Å²) in [6, 6.07) is 10.0. The van der Waals surface area contributed by atoms with E-state index in [4.69, 9.17) is 0 Å². The van der Waals surface area contributed by atoms with Crippen LogP contribution in [0.1, 0.15) is 25.3 Å². The molecular weight excluding hydrogens is 421 g/mol. The van der Waals surface area contributed by atoms with Crippen LogP contribution in [0.3, 0.4) is 0 Å². The van der Waals surface area contributed by atoms with E-state index in [1.165, 1.54) is 12.8 Å². The third kappa shape index (κ3) is 7.20. The Morgan fingerprint density at radius 3 is 2.78 bits per heavy atom. The van der Waals surface area contributed by atoms with Gasteiger partial charge in [0.25, 0.3) is 0 Å². The van der Waals surface area contributed by atoms with E-state index in [-0.39, 0.29) is 24.0 Å². The van der Waals surface area contributed by atoms with Crippen molar-refractivity contribution in [3.05, 3.63) is 35.9 Å². The number of nitrogens with one attached hydrogen (secondary N) is 1. The number of nitrogens with zero attached hydrogens (tertiary/aromatic N) is 2. The van der Waals surface area contributed by atoms with Crippen molar-refractivity contribution in [2.24, 2.45) is 10.9 Å². The number of likely N-dealkylation sites (tertiary alicyclic amines) is 1. The van der Waals surface area contributed by atoms with E-state index in [2.05, 4.69) is 22.1 Å². The van der Waals surface area contributed by atoms with Crippen molar-refractivity contribution in [1.29, 1.82) is 0 Å². The molecule has 4 nitrogen and oxygen atoms in total. The van der Waals surface area contributed by atoms with Gasteiger partial charge in [0.2, 0.25) is 0 Å². The number of guanidine groups is 1. The molecule has 1 aromatic rings. The molecule has 1 aliphatic heterocycles. The highest BCUT2D eigenvalue weighted by atomic mass is 127. The average Bonchev–Trinajstić information content (AvgIpc) is 2.52. The molecule has 1 heterocycles. The molecule has 6 heteroatoms. The molecular formula is C17H28IN3OS. The van der Waals surface area contributed by atoms with Crippen LogP contribution in [0.15, 0.2) is 35.3 Å². The van der Waals surface area contributed by atoms with Crippen LogP contribution >= 0.6 is 24.0 Å². The van der Waals surface area contributed by atoms with E-state index in [0.717, 1.165) is 30.5 Å². The number of hydrogen-bond donors (Lipinski definition) is 1. The molecule has 0 radical (unpaired) electrons. The van der Waals surface area contributed by atoms with Crippen LogP contribution in [0, 0.1) is 5.92 Å². The molecule has 1 saturated heterocycles. The van der Waals surface area contributed by atoms with Crippen molar-refractivity contribution < 1.29 is 4.21 Å². The lowest BCUT2D eigenvalue weighted by Crippen LogP contribution is -2.47. The van der Waals surface area contributed by atoms with Gasteiger partial charge in [0, 0.05) is 49.0 Å². The minimum absolute atomic E-state index is 0. The summed E-state index contributed by atoms with van der Waals surface area (Å²) in [5.74, 6) is 2.95. The summed E-state index contributed by atoms with van der Waals surface area (Å²) in [5.41, 5.74) is 1.13. The molecule has 1 fully saturated rings. The molecule has 0 spiro atoms.